The molecule has 1 atom stereocenters. The predicted octanol–water partition coefficient (Wildman–Crippen LogP) is 8.47. The molecule has 1 N–H and O–H groups in total. The van der Waals surface area contributed by atoms with Gasteiger partial charge in [-0.25, -0.2) is 0 Å². The molecule has 6 nitrogen and oxygen atoms in total. The maximum atomic E-state index is 13.0. The number of pyridine rings is 1. The van der Waals surface area contributed by atoms with Crippen LogP contribution in [0.5, 0.6) is 5.75 Å². The van der Waals surface area contributed by atoms with Crippen molar-refractivity contribution in [2.45, 2.75) is 84.8 Å². The van der Waals surface area contributed by atoms with Crippen LogP contribution in [0.1, 0.15) is 84.8 Å². The maximum absolute atomic E-state index is 13.0. The third kappa shape index (κ3) is 8.04. The molecular formula is C37H51N3O3S. The third-order valence-electron chi connectivity index (χ3n) is 9.35. The highest BCUT2D eigenvalue weighted by molar-refractivity contribution is 7.17. The summed E-state index contributed by atoms with van der Waals surface area (Å²) >= 11 is 1.81. The second kappa shape index (κ2) is 15.4. The molecule has 1 saturated heterocycles. The lowest BCUT2D eigenvalue weighted by Gasteiger charge is -2.36. The van der Waals surface area contributed by atoms with Crippen LogP contribution in [0.3, 0.4) is 0 Å². The molecule has 0 bridgehead atoms. The quantitative estimate of drug-likeness (QED) is 0.128. The molecule has 1 aliphatic rings. The van der Waals surface area contributed by atoms with E-state index in [1.165, 1.54) is 47.9 Å². The Balaban J connectivity index is 1.10. The molecule has 5 rings (SSSR count). The van der Waals surface area contributed by atoms with Crippen molar-refractivity contribution in [1.82, 2.24) is 9.47 Å². The fourth-order valence-corrected chi connectivity index (χ4v) is 7.32. The molecule has 0 radical (unpaired) electrons. The molecule has 1 unspecified atom stereocenters. The molecule has 0 aliphatic carbocycles. The summed E-state index contributed by atoms with van der Waals surface area (Å²) in [5.74, 6) is 0.744. The molecule has 0 spiro atoms. The molecule has 1 aliphatic heterocycles. The molecule has 238 valence electrons. The normalized spacial score (nSPS) is 15.3. The maximum Gasteiger partial charge on any atom is 0.253 e. The Labute approximate surface area is 267 Å². The number of nitrogens with zero attached hydrogens (tertiary/aromatic N) is 3. The van der Waals surface area contributed by atoms with Gasteiger partial charge in [0.05, 0.1) is 12.1 Å². The van der Waals surface area contributed by atoms with Crippen LogP contribution in [0.25, 0.3) is 21.0 Å². The summed E-state index contributed by atoms with van der Waals surface area (Å²) in [6, 6.07) is 18.2. The standard InChI is InChI=1S/C37H51N3O3S/c1-4-5-6-7-8-9-20-37(2,3)36(42)40-33-28-30(17-15-29(33)16-18-35(40)41)43-26-11-10-21-38-22-24-39(25-23-38)32-13-12-14-34-31(32)19-27-44-34/h12-19,27-28,36,42H,4-11,20-26H2,1-3H3. The number of benzene rings is 2. The van der Waals surface area contributed by atoms with Crippen molar-refractivity contribution in [1.29, 1.82) is 0 Å². The van der Waals surface area contributed by atoms with E-state index < -0.39 is 11.6 Å². The monoisotopic (exact) mass is 617 g/mol. The largest absolute Gasteiger partial charge is 0.494 e. The Morgan fingerprint density at radius 1 is 0.909 bits per heavy atom. The summed E-state index contributed by atoms with van der Waals surface area (Å²) in [7, 11) is 0. The number of fused-ring (bicyclic) bond motifs is 2. The first-order chi connectivity index (χ1) is 21.4. The number of ether oxygens (including phenoxy) is 1. The number of hydrogen-bond donors (Lipinski definition) is 1. The lowest BCUT2D eigenvalue weighted by molar-refractivity contribution is -0.0167. The van der Waals surface area contributed by atoms with Gasteiger partial charge in [-0.15, -0.1) is 11.3 Å². The molecule has 4 aromatic rings. The summed E-state index contributed by atoms with van der Waals surface area (Å²) in [5.41, 5.74) is 1.51. The number of thiophene rings is 1. The number of unbranched alkanes of at least 4 members (excludes halogenated alkanes) is 6. The summed E-state index contributed by atoms with van der Waals surface area (Å²) in [4.78, 5) is 18.1. The van der Waals surface area contributed by atoms with Crippen molar-refractivity contribution in [3.63, 3.8) is 0 Å². The number of anilines is 1. The van der Waals surface area contributed by atoms with Gasteiger partial charge in [-0.1, -0.05) is 65.4 Å². The van der Waals surface area contributed by atoms with Gasteiger partial charge in [-0.3, -0.25) is 14.3 Å². The third-order valence-corrected chi connectivity index (χ3v) is 10.2. The highest BCUT2D eigenvalue weighted by Crippen LogP contribution is 2.36. The van der Waals surface area contributed by atoms with Crippen LogP contribution in [0.4, 0.5) is 5.69 Å². The molecule has 2 aromatic carbocycles. The van der Waals surface area contributed by atoms with Crippen LogP contribution in [-0.2, 0) is 0 Å². The summed E-state index contributed by atoms with van der Waals surface area (Å²) in [5, 5.41) is 16.0. The van der Waals surface area contributed by atoms with E-state index in [0.717, 1.165) is 75.1 Å². The number of aliphatic hydroxyl groups is 1. The van der Waals surface area contributed by atoms with E-state index in [2.05, 4.69) is 60.2 Å². The lowest BCUT2D eigenvalue weighted by Crippen LogP contribution is -2.46. The molecule has 44 heavy (non-hydrogen) atoms. The average molecular weight is 618 g/mol. The van der Waals surface area contributed by atoms with Gasteiger partial charge in [0.1, 0.15) is 12.0 Å². The smallest absolute Gasteiger partial charge is 0.253 e. The van der Waals surface area contributed by atoms with Gasteiger partial charge in [0, 0.05) is 59.5 Å². The summed E-state index contributed by atoms with van der Waals surface area (Å²) in [6.45, 7) is 12.4. The van der Waals surface area contributed by atoms with Crippen LogP contribution in [0.2, 0.25) is 0 Å². The van der Waals surface area contributed by atoms with E-state index in [0.29, 0.717) is 6.61 Å². The topological polar surface area (TPSA) is 57.9 Å². The minimum absolute atomic E-state index is 0.176. The predicted molar refractivity (Wildman–Crippen MR) is 186 cm³/mol. The number of rotatable bonds is 16. The first kappa shape index (κ1) is 32.5. The van der Waals surface area contributed by atoms with E-state index in [-0.39, 0.29) is 5.56 Å². The molecule has 0 saturated carbocycles. The van der Waals surface area contributed by atoms with E-state index in [1.807, 2.05) is 35.6 Å². The molecular weight excluding hydrogens is 566 g/mol. The van der Waals surface area contributed by atoms with Crippen LogP contribution in [0, 0.1) is 5.41 Å². The Hall–Kier alpha value is -2.87. The van der Waals surface area contributed by atoms with Crippen LogP contribution < -0.4 is 15.2 Å². The Bertz CT molecular complexity index is 1540. The van der Waals surface area contributed by atoms with Crippen molar-refractivity contribution in [3.8, 4) is 5.75 Å². The van der Waals surface area contributed by atoms with Crippen molar-refractivity contribution < 1.29 is 9.84 Å². The molecule has 0 amide bonds. The highest BCUT2D eigenvalue weighted by Gasteiger charge is 2.30. The molecule has 2 aromatic heterocycles. The first-order valence-corrected chi connectivity index (χ1v) is 17.6. The lowest BCUT2D eigenvalue weighted by atomic mass is 9.84. The van der Waals surface area contributed by atoms with Gasteiger partial charge in [-0.05, 0) is 73.0 Å². The van der Waals surface area contributed by atoms with Gasteiger partial charge in [0.25, 0.3) is 5.56 Å². The molecule has 3 heterocycles. The number of piperazine rings is 1. The Morgan fingerprint density at radius 2 is 1.68 bits per heavy atom. The highest BCUT2D eigenvalue weighted by atomic mass is 32.1. The summed E-state index contributed by atoms with van der Waals surface area (Å²) < 4.78 is 9.09. The number of aliphatic hydroxyl groups excluding tert-OH is 1. The van der Waals surface area contributed by atoms with E-state index in [4.69, 9.17) is 4.74 Å². The van der Waals surface area contributed by atoms with Crippen molar-refractivity contribution in [3.05, 3.63) is 70.3 Å². The second-order valence-electron chi connectivity index (χ2n) is 13.1. The fourth-order valence-electron chi connectivity index (χ4n) is 6.51. The van der Waals surface area contributed by atoms with Crippen LogP contribution >= 0.6 is 11.3 Å². The zero-order valence-corrected chi connectivity index (χ0v) is 27.8. The zero-order valence-electron chi connectivity index (χ0n) is 27.0. The van der Waals surface area contributed by atoms with E-state index in [9.17, 15) is 9.90 Å². The van der Waals surface area contributed by atoms with Crippen molar-refractivity contribution in [2.75, 3.05) is 44.2 Å². The first-order valence-electron chi connectivity index (χ1n) is 16.8. The average Bonchev–Trinajstić information content (AvgIpc) is 3.52. The molecule has 7 heteroatoms. The number of aromatic nitrogens is 1. The van der Waals surface area contributed by atoms with Gasteiger partial charge >= 0.3 is 0 Å². The fraction of sp³-hybridized carbons (Fsp3) is 0.541. The Kier molecular flexibility index (Phi) is 11.4. The Morgan fingerprint density at radius 3 is 2.50 bits per heavy atom. The summed E-state index contributed by atoms with van der Waals surface area (Å²) in [6.07, 6.45) is 9.30. The van der Waals surface area contributed by atoms with Crippen molar-refractivity contribution in [2.24, 2.45) is 5.41 Å². The second-order valence-corrected chi connectivity index (χ2v) is 14.1. The van der Waals surface area contributed by atoms with Crippen molar-refractivity contribution >= 4 is 38.0 Å². The minimum atomic E-state index is -0.900. The van der Waals surface area contributed by atoms with Gasteiger partial charge in [0.15, 0.2) is 0 Å². The zero-order chi connectivity index (χ0) is 30.9. The SMILES string of the molecule is CCCCCCCCC(C)(C)C(O)n1c(=O)ccc2ccc(OCCCCN3CCN(c4cccc5sccc45)CC3)cc21. The molecule has 1 fully saturated rings. The van der Waals surface area contributed by atoms with Gasteiger partial charge < -0.3 is 14.7 Å². The van der Waals surface area contributed by atoms with E-state index in [1.54, 1.807) is 10.6 Å². The number of hydrogen-bond acceptors (Lipinski definition) is 6. The van der Waals surface area contributed by atoms with Gasteiger partial charge in [0.2, 0.25) is 0 Å². The van der Waals surface area contributed by atoms with Crippen LogP contribution in [0.15, 0.2) is 64.8 Å². The van der Waals surface area contributed by atoms with E-state index >= 15 is 0 Å². The minimum Gasteiger partial charge on any atom is -0.494 e. The van der Waals surface area contributed by atoms with Crippen LogP contribution in [-0.4, -0.2) is 53.9 Å². The van der Waals surface area contributed by atoms with Gasteiger partial charge in [-0.2, -0.15) is 0 Å².